The minimum Gasteiger partial charge on any atom is -0.356 e. The number of carbonyl (C=O) groups excluding carboxylic acids is 2. The Morgan fingerprint density at radius 2 is 1.81 bits per heavy atom. The van der Waals surface area contributed by atoms with Crippen LogP contribution in [0.4, 0.5) is 0 Å². The highest BCUT2D eigenvalue weighted by Gasteiger charge is 2.19. The Balaban J connectivity index is 1.55. The molecule has 4 nitrogen and oxygen atoms in total. The van der Waals surface area contributed by atoms with E-state index in [1.165, 1.54) is 0 Å². The van der Waals surface area contributed by atoms with Gasteiger partial charge in [0.1, 0.15) is 0 Å². The van der Waals surface area contributed by atoms with E-state index >= 15 is 0 Å². The Morgan fingerprint density at radius 3 is 2.58 bits per heavy atom. The van der Waals surface area contributed by atoms with Crippen molar-refractivity contribution in [2.75, 3.05) is 6.54 Å². The van der Waals surface area contributed by atoms with Gasteiger partial charge in [-0.1, -0.05) is 48.5 Å². The quantitative estimate of drug-likeness (QED) is 0.868. The molecule has 26 heavy (non-hydrogen) atoms. The van der Waals surface area contributed by atoms with Crippen LogP contribution in [0.15, 0.2) is 47.5 Å². The van der Waals surface area contributed by atoms with Crippen molar-refractivity contribution in [2.45, 2.75) is 33.1 Å². The molecule has 1 unspecified atom stereocenters. The lowest BCUT2D eigenvalue weighted by Gasteiger charge is -2.14. The molecule has 3 rings (SSSR count). The molecule has 0 bridgehead atoms. The number of hydrogen-bond acceptors (Lipinski definition) is 2. The van der Waals surface area contributed by atoms with E-state index in [0.29, 0.717) is 19.4 Å². The van der Waals surface area contributed by atoms with E-state index in [1.807, 2.05) is 56.3 Å². The van der Waals surface area contributed by atoms with Gasteiger partial charge in [0.05, 0.1) is 11.3 Å². The summed E-state index contributed by atoms with van der Waals surface area (Å²) in [4.78, 5) is 28.6. The fraction of sp³-hybridized carbons (Fsp3) is 0.318. The molecule has 1 atom stereocenters. The van der Waals surface area contributed by atoms with Gasteiger partial charge >= 0.3 is 0 Å². The van der Waals surface area contributed by atoms with E-state index < -0.39 is 0 Å². The average Bonchev–Trinajstić information content (AvgIpc) is 2.65. The van der Waals surface area contributed by atoms with Crippen LogP contribution in [0.2, 0.25) is 0 Å². The third-order valence-electron chi connectivity index (χ3n) is 4.80. The molecule has 1 aliphatic rings. The molecule has 4 heteroatoms. The Bertz CT molecular complexity index is 933. The number of nitrogens with one attached hydrogen (secondary N) is 1. The second kappa shape index (κ2) is 8.09. The fourth-order valence-corrected chi connectivity index (χ4v) is 3.21. The van der Waals surface area contributed by atoms with Crippen molar-refractivity contribution < 1.29 is 9.59 Å². The molecular weight excluding hydrogens is 324 g/mol. The molecule has 1 aliphatic heterocycles. The summed E-state index contributed by atoms with van der Waals surface area (Å²) < 4.78 is 0. The molecule has 0 saturated heterocycles. The Labute approximate surface area is 153 Å². The molecular formula is C22H24N2O2. The van der Waals surface area contributed by atoms with Crippen LogP contribution in [0.3, 0.4) is 0 Å². The number of nitrogens with zero attached hydrogens (tertiary/aromatic N) is 1. The van der Waals surface area contributed by atoms with E-state index in [4.69, 9.17) is 0 Å². The number of benzene rings is 2. The number of amides is 2. The van der Waals surface area contributed by atoms with Crippen molar-refractivity contribution in [1.29, 1.82) is 0 Å². The lowest BCUT2D eigenvalue weighted by atomic mass is 9.97. The van der Waals surface area contributed by atoms with Crippen LogP contribution < -0.4 is 15.9 Å². The molecule has 0 saturated carbocycles. The largest absolute Gasteiger partial charge is 0.356 e. The minimum atomic E-state index is -0.266. The molecule has 0 aliphatic carbocycles. The van der Waals surface area contributed by atoms with Crippen molar-refractivity contribution in [2.24, 2.45) is 10.9 Å². The maximum absolute atomic E-state index is 12.3. The monoisotopic (exact) mass is 348 g/mol. The molecule has 134 valence electrons. The first-order valence-corrected chi connectivity index (χ1v) is 9.06. The summed E-state index contributed by atoms with van der Waals surface area (Å²) in [5.74, 6) is -0.372. The standard InChI is InChI=1S/C22H24N2O2/c1-15-8-9-16(2)21-19(15)14-18(22(26)24-21)12-13-23-20(25)11-10-17-6-4-3-5-7-17/h3-9,14,18H,10-13H2,1-2H3,(H,23,25). The molecule has 1 N–H and O–H groups in total. The summed E-state index contributed by atoms with van der Waals surface area (Å²) in [6.45, 7) is 4.48. The van der Waals surface area contributed by atoms with Gasteiger partial charge in [0.15, 0.2) is 0 Å². The second-order valence-corrected chi connectivity index (χ2v) is 6.81. The maximum atomic E-state index is 12.3. The van der Waals surface area contributed by atoms with E-state index in [1.54, 1.807) is 0 Å². The first-order chi connectivity index (χ1) is 12.5. The maximum Gasteiger partial charge on any atom is 0.253 e. The molecule has 0 spiro atoms. The zero-order valence-corrected chi connectivity index (χ0v) is 15.3. The third-order valence-corrected chi connectivity index (χ3v) is 4.80. The second-order valence-electron chi connectivity index (χ2n) is 6.81. The number of rotatable bonds is 6. The topological polar surface area (TPSA) is 58.5 Å². The predicted molar refractivity (Wildman–Crippen MR) is 102 cm³/mol. The van der Waals surface area contributed by atoms with Crippen LogP contribution in [0.25, 0.3) is 6.08 Å². The predicted octanol–water partition coefficient (Wildman–Crippen LogP) is 2.00. The minimum absolute atomic E-state index is 0.0153. The summed E-state index contributed by atoms with van der Waals surface area (Å²) in [6, 6.07) is 14.0. The van der Waals surface area contributed by atoms with Gasteiger partial charge in [0, 0.05) is 18.2 Å². The first-order valence-electron chi connectivity index (χ1n) is 9.06. The highest BCUT2D eigenvalue weighted by Crippen LogP contribution is 2.10. The van der Waals surface area contributed by atoms with Gasteiger partial charge in [-0.3, -0.25) is 9.59 Å². The number of carbonyl (C=O) groups is 2. The van der Waals surface area contributed by atoms with Gasteiger partial charge in [-0.15, -0.1) is 0 Å². The molecule has 0 radical (unpaired) electrons. The summed E-state index contributed by atoms with van der Waals surface area (Å²) in [5.41, 5.74) is 3.29. The first kappa shape index (κ1) is 18.1. The molecule has 0 fully saturated rings. The van der Waals surface area contributed by atoms with E-state index in [0.717, 1.165) is 33.7 Å². The van der Waals surface area contributed by atoms with Crippen molar-refractivity contribution in [3.05, 3.63) is 69.7 Å². The highest BCUT2D eigenvalue weighted by atomic mass is 16.2. The van der Waals surface area contributed by atoms with Crippen LogP contribution in [-0.2, 0) is 16.0 Å². The van der Waals surface area contributed by atoms with E-state index in [9.17, 15) is 9.59 Å². The lowest BCUT2D eigenvalue weighted by Crippen LogP contribution is -2.38. The van der Waals surface area contributed by atoms with Gasteiger partial charge < -0.3 is 5.32 Å². The zero-order chi connectivity index (χ0) is 18.5. The van der Waals surface area contributed by atoms with Crippen molar-refractivity contribution in [1.82, 2.24) is 5.32 Å². The molecule has 0 aromatic heterocycles. The van der Waals surface area contributed by atoms with Crippen LogP contribution in [0, 0.1) is 19.8 Å². The van der Waals surface area contributed by atoms with Gasteiger partial charge in [-0.05, 0) is 43.4 Å². The Kier molecular flexibility index (Phi) is 5.61. The number of fused-ring (bicyclic) bond motifs is 1. The number of hydrogen-bond donors (Lipinski definition) is 1. The van der Waals surface area contributed by atoms with Crippen LogP contribution in [0.5, 0.6) is 0 Å². The molecule has 2 aromatic rings. The summed E-state index contributed by atoms with van der Waals surface area (Å²) in [5, 5.41) is 4.75. The van der Waals surface area contributed by atoms with E-state index in [-0.39, 0.29) is 17.7 Å². The average molecular weight is 348 g/mol. The van der Waals surface area contributed by atoms with E-state index in [2.05, 4.69) is 16.4 Å². The van der Waals surface area contributed by atoms with Gasteiger partial charge in [0.2, 0.25) is 5.91 Å². The van der Waals surface area contributed by atoms with Crippen molar-refractivity contribution >= 4 is 17.9 Å². The van der Waals surface area contributed by atoms with Crippen LogP contribution >= 0.6 is 0 Å². The molecule has 2 aromatic carbocycles. The normalized spacial score (nSPS) is 15.6. The zero-order valence-electron chi connectivity index (χ0n) is 15.3. The SMILES string of the molecule is Cc1ccc(C)c2c1=CC(CCNC(=O)CCc1ccccc1)C(=O)N=2. The van der Waals surface area contributed by atoms with Gasteiger partial charge in [-0.25, -0.2) is 4.99 Å². The van der Waals surface area contributed by atoms with Crippen molar-refractivity contribution in [3.8, 4) is 0 Å². The molecule has 2 amide bonds. The van der Waals surface area contributed by atoms with Crippen molar-refractivity contribution in [3.63, 3.8) is 0 Å². The highest BCUT2D eigenvalue weighted by molar-refractivity contribution is 5.86. The third kappa shape index (κ3) is 4.26. The smallest absolute Gasteiger partial charge is 0.253 e. The van der Waals surface area contributed by atoms with Gasteiger partial charge in [0.25, 0.3) is 5.91 Å². The van der Waals surface area contributed by atoms with Crippen LogP contribution in [0.1, 0.15) is 29.5 Å². The molecule has 1 heterocycles. The fourth-order valence-electron chi connectivity index (χ4n) is 3.21. The lowest BCUT2D eigenvalue weighted by molar-refractivity contribution is -0.122. The summed E-state index contributed by atoms with van der Waals surface area (Å²) in [6.07, 6.45) is 3.76. The Hall–Kier alpha value is -2.75. The number of aryl methyl sites for hydroxylation is 3. The summed E-state index contributed by atoms with van der Waals surface area (Å²) >= 11 is 0. The van der Waals surface area contributed by atoms with Gasteiger partial charge in [-0.2, -0.15) is 0 Å². The van der Waals surface area contributed by atoms with Crippen LogP contribution in [-0.4, -0.2) is 18.4 Å². The summed E-state index contributed by atoms with van der Waals surface area (Å²) in [7, 11) is 0. The Morgan fingerprint density at radius 1 is 1.08 bits per heavy atom.